The number of methoxy groups -OCH3 is 2. The molecule has 0 aliphatic carbocycles. The van der Waals surface area contributed by atoms with Gasteiger partial charge in [-0.15, -0.1) is 12.4 Å². The number of hydrogen-bond donors (Lipinski definition) is 1. The SMILES string of the molecule is COc1cccc([C@@H](CF)N2CCNCC2)c1OC.Cl. The largest absolute Gasteiger partial charge is 0.493 e. The molecule has 1 aliphatic rings. The first kappa shape index (κ1) is 17.0. The van der Waals surface area contributed by atoms with Gasteiger partial charge in [0, 0.05) is 31.7 Å². The Morgan fingerprint density at radius 1 is 1.25 bits per heavy atom. The Bertz CT molecular complexity index is 414. The summed E-state index contributed by atoms with van der Waals surface area (Å²) in [7, 11) is 3.19. The van der Waals surface area contributed by atoms with Crippen LogP contribution in [0.1, 0.15) is 11.6 Å². The second-order valence-corrected chi connectivity index (χ2v) is 4.54. The molecule has 1 heterocycles. The van der Waals surface area contributed by atoms with Gasteiger partial charge in [0.2, 0.25) is 0 Å². The molecule has 6 heteroatoms. The van der Waals surface area contributed by atoms with E-state index in [0.717, 1.165) is 31.7 Å². The summed E-state index contributed by atoms with van der Waals surface area (Å²) < 4.78 is 24.2. The number of hydrogen-bond acceptors (Lipinski definition) is 4. The lowest BCUT2D eigenvalue weighted by atomic mass is 10.0. The van der Waals surface area contributed by atoms with Crippen LogP contribution in [0.25, 0.3) is 0 Å². The number of rotatable bonds is 5. The van der Waals surface area contributed by atoms with Crippen molar-refractivity contribution in [2.75, 3.05) is 47.1 Å². The molecular formula is C14H22ClFN2O2. The molecule has 2 rings (SSSR count). The number of halogens is 2. The van der Waals surface area contributed by atoms with Crippen molar-refractivity contribution in [2.24, 2.45) is 0 Å². The van der Waals surface area contributed by atoms with E-state index in [0.29, 0.717) is 11.5 Å². The fraction of sp³-hybridized carbons (Fsp3) is 0.571. The summed E-state index contributed by atoms with van der Waals surface area (Å²) >= 11 is 0. The molecular weight excluding hydrogens is 283 g/mol. The number of ether oxygens (including phenoxy) is 2. The van der Waals surface area contributed by atoms with Gasteiger partial charge in [0.1, 0.15) is 6.67 Å². The van der Waals surface area contributed by atoms with Gasteiger partial charge < -0.3 is 14.8 Å². The van der Waals surface area contributed by atoms with Crippen LogP contribution in [-0.4, -0.2) is 52.0 Å². The van der Waals surface area contributed by atoms with E-state index in [4.69, 9.17) is 9.47 Å². The maximum atomic E-state index is 13.5. The van der Waals surface area contributed by atoms with Crippen molar-refractivity contribution in [3.8, 4) is 11.5 Å². The van der Waals surface area contributed by atoms with E-state index < -0.39 is 6.67 Å². The van der Waals surface area contributed by atoms with Crippen LogP contribution in [0.15, 0.2) is 18.2 Å². The van der Waals surface area contributed by atoms with Gasteiger partial charge in [0.05, 0.1) is 20.3 Å². The molecule has 0 amide bonds. The molecule has 114 valence electrons. The van der Waals surface area contributed by atoms with Crippen molar-refractivity contribution in [2.45, 2.75) is 6.04 Å². The fourth-order valence-electron chi connectivity index (χ4n) is 2.55. The van der Waals surface area contributed by atoms with Crippen LogP contribution < -0.4 is 14.8 Å². The van der Waals surface area contributed by atoms with Gasteiger partial charge in [-0.2, -0.15) is 0 Å². The van der Waals surface area contributed by atoms with Crippen LogP contribution in [0.3, 0.4) is 0 Å². The summed E-state index contributed by atoms with van der Waals surface area (Å²) in [6.45, 7) is 3.04. The summed E-state index contributed by atoms with van der Waals surface area (Å²) in [5.41, 5.74) is 0.853. The van der Waals surface area contributed by atoms with E-state index in [2.05, 4.69) is 10.2 Å². The molecule has 1 saturated heterocycles. The number of nitrogens with one attached hydrogen (secondary N) is 1. The van der Waals surface area contributed by atoms with Gasteiger partial charge >= 0.3 is 0 Å². The average Bonchev–Trinajstić information content (AvgIpc) is 2.48. The molecule has 0 saturated carbocycles. The zero-order valence-electron chi connectivity index (χ0n) is 11.9. The molecule has 0 unspecified atom stereocenters. The summed E-state index contributed by atoms with van der Waals surface area (Å²) in [5.74, 6) is 1.28. The second kappa shape index (κ2) is 8.29. The van der Waals surface area contributed by atoms with E-state index in [-0.39, 0.29) is 18.4 Å². The zero-order valence-corrected chi connectivity index (χ0v) is 12.7. The molecule has 1 N–H and O–H groups in total. The molecule has 1 fully saturated rings. The lowest BCUT2D eigenvalue weighted by Crippen LogP contribution is -2.45. The number of benzene rings is 1. The van der Waals surface area contributed by atoms with E-state index in [9.17, 15) is 4.39 Å². The Balaban J connectivity index is 0.00000200. The molecule has 0 spiro atoms. The lowest BCUT2D eigenvalue weighted by Gasteiger charge is -2.34. The summed E-state index contributed by atoms with van der Waals surface area (Å²) in [6, 6.07) is 5.34. The molecule has 4 nitrogen and oxygen atoms in total. The first-order valence-corrected chi connectivity index (χ1v) is 6.53. The monoisotopic (exact) mass is 304 g/mol. The minimum absolute atomic E-state index is 0. The number of para-hydroxylation sites is 1. The molecule has 0 aromatic heterocycles. The quantitative estimate of drug-likeness (QED) is 0.903. The van der Waals surface area contributed by atoms with Crippen LogP contribution in [0.4, 0.5) is 4.39 Å². The minimum Gasteiger partial charge on any atom is -0.493 e. The predicted molar refractivity (Wildman–Crippen MR) is 80.0 cm³/mol. The van der Waals surface area contributed by atoms with E-state index in [1.54, 1.807) is 14.2 Å². The Morgan fingerprint density at radius 2 is 1.95 bits per heavy atom. The van der Waals surface area contributed by atoms with E-state index >= 15 is 0 Å². The van der Waals surface area contributed by atoms with E-state index in [1.165, 1.54) is 0 Å². The van der Waals surface area contributed by atoms with Crippen molar-refractivity contribution in [3.63, 3.8) is 0 Å². The zero-order chi connectivity index (χ0) is 13.7. The van der Waals surface area contributed by atoms with Crippen LogP contribution in [-0.2, 0) is 0 Å². The first-order chi connectivity index (χ1) is 9.31. The third kappa shape index (κ3) is 3.53. The molecule has 1 aromatic rings. The van der Waals surface area contributed by atoms with Gasteiger partial charge in [-0.05, 0) is 6.07 Å². The normalized spacial score (nSPS) is 17.1. The van der Waals surface area contributed by atoms with Gasteiger partial charge in [-0.1, -0.05) is 12.1 Å². The molecule has 0 radical (unpaired) electrons. The number of nitrogens with zero attached hydrogens (tertiary/aromatic N) is 1. The minimum atomic E-state index is -0.427. The molecule has 1 aliphatic heterocycles. The van der Waals surface area contributed by atoms with Crippen molar-refractivity contribution < 1.29 is 13.9 Å². The van der Waals surface area contributed by atoms with Crippen molar-refractivity contribution in [1.29, 1.82) is 0 Å². The van der Waals surface area contributed by atoms with Crippen molar-refractivity contribution >= 4 is 12.4 Å². The van der Waals surface area contributed by atoms with Crippen molar-refractivity contribution in [1.82, 2.24) is 10.2 Å². The Labute approximate surface area is 125 Å². The van der Waals surface area contributed by atoms with Crippen LogP contribution in [0.2, 0.25) is 0 Å². The summed E-state index contributed by atoms with van der Waals surface area (Å²) in [5, 5.41) is 3.28. The second-order valence-electron chi connectivity index (χ2n) is 4.54. The average molecular weight is 305 g/mol. The highest BCUT2D eigenvalue weighted by atomic mass is 35.5. The molecule has 1 aromatic carbocycles. The Kier molecular flexibility index (Phi) is 7.05. The van der Waals surface area contributed by atoms with Gasteiger partial charge in [-0.25, -0.2) is 4.39 Å². The maximum Gasteiger partial charge on any atom is 0.165 e. The molecule has 20 heavy (non-hydrogen) atoms. The Hall–Kier alpha value is -1.04. The highest BCUT2D eigenvalue weighted by Crippen LogP contribution is 2.37. The third-order valence-electron chi connectivity index (χ3n) is 3.53. The van der Waals surface area contributed by atoms with Crippen LogP contribution in [0, 0.1) is 0 Å². The van der Waals surface area contributed by atoms with Gasteiger partial charge in [0.15, 0.2) is 11.5 Å². The fourth-order valence-corrected chi connectivity index (χ4v) is 2.55. The standard InChI is InChI=1S/C14H21FN2O2.ClH/c1-18-13-5-3-4-11(14(13)19-2)12(10-15)17-8-6-16-7-9-17;/h3-5,12,16H,6-10H2,1-2H3;1H/t12-;/m1./s1. The van der Waals surface area contributed by atoms with Gasteiger partial charge in [-0.3, -0.25) is 4.90 Å². The highest BCUT2D eigenvalue weighted by molar-refractivity contribution is 5.85. The number of piperazine rings is 1. The lowest BCUT2D eigenvalue weighted by molar-refractivity contribution is 0.144. The third-order valence-corrected chi connectivity index (χ3v) is 3.53. The Morgan fingerprint density at radius 3 is 2.50 bits per heavy atom. The van der Waals surface area contributed by atoms with E-state index in [1.807, 2.05) is 18.2 Å². The van der Waals surface area contributed by atoms with Crippen molar-refractivity contribution in [3.05, 3.63) is 23.8 Å². The van der Waals surface area contributed by atoms with Crippen LogP contribution in [0.5, 0.6) is 11.5 Å². The highest BCUT2D eigenvalue weighted by Gasteiger charge is 2.26. The topological polar surface area (TPSA) is 33.7 Å². The molecule has 1 atom stereocenters. The smallest absolute Gasteiger partial charge is 0.165 e. The first-order valence-electron chi connectivity index (χ1n) is 6.53. The maximum absolute atomic E-state index is 13.5. The number of alkyl halides is 1. The molecule has 0 bridgehead atoms. The predicted octanol–water partition coefficient (Wildman–Crippen LogP) is 2.04. The van der Waals surface area contributed by atoms with Crippen LogP contribution >= 0.6 is 12.4 Å². The summed E-state index contributed by atoms with van der Waals surface area (Å²) in [6.07, 6.45) is 0. The summed E-state index contributed by atoms with van der Waals surface area (Å²) in [4.78, 5) is 2.15. The van der Waals surface area contributed by atoms with Gasteiger partial charge in [0.25, 0.3) is 0 Å².